The number of ether oxygens (including phenoxy) is 1. The van der Waals surface area contributed by atoms with Gasteiger partial charge in [-0.3, -0.25) is 0 Å². The Kier molecular flexibility index (Phi) is 6.69. The summed E-state index contributed by atoms with van der Waals surface area (Å²) in [7, 11) is 0. The van der Waals surface area contributed by atoms with Gasteiger partial charge in [-0.2, -0.15) is 4.39 Å². The van der Waals surface area contributed by atoms with E-state index in [1.165, 1.54) is 0 Å². The smallest absolute Gasteiger partial charge is 0.201 e. The van der Waals surface area contributed by atoms with Gasteiger partial charge in [0.2, 0.25) is 5.82 Å². The molecule has 1 saturated carbocycles. The fourth-order valence-corrected chi connectivity index (χ4v) is 3.39. The van der Waals surface area contributed by atoms with Crippen LogP contribution in [0.3, 0.4) is 0 Å². The van der Waals surface area contributed by atoms with Gasteiger partial charge in [0, 0.05) is 5.92 Å². The Morgan fingerprint density at radius 1 is 1.04 bits per heavy atom. The molecule has 1 aromatic carbocycles. The van der Waals surface area contributed by atoms with Gasteiger partial charge in [-0.1, -0.05) is 19.8 Å². The number of halogens is 4. The van der Waals surface area contributed by atoms with Crippen LogP contribution in [0.1, 0.15) is 57.9 Å². The average Bonchev–Trinajstić information content (AvgIpc) is 2.59. The molecule has 134 valence electrons. The zero-order valence-corrected chi connectivity index (χ0v) is 14.2. The van der Waals surface area contributed by atoms with E-state index in [4.69, 9.17) is 4.74 Å². The molecule has 0 bridgehead atoms. The SMILES string of the molecule is CCCC1CCC(/C(F)=C(\F)c2ccc(OCC)c(F)c2F)CC1. The third-order valence-corrected chi connectivity index (χ3v) is 4.69. The lowest BCUT2D eigenvalue weighted by molar-refractivity contribution is 0.261. The van der Waals surface area contributed by atoms with Crippen LogP contribution in [-0.4, -0.2) is 6.61 Å². The van der Waals surface area contributed by atoms with Crippen molar-refractivity contribution in [1.82, 2.24) is 0 Å². The Morgan fingerprint density at radius 2 is 1.71 bits per heavy atom. The standard InChI is InChI=1S/C19H24F4O/c1-3-5-12-6-8-13(9-7-12)16(20)17(21)14-10-11-15(24-4-2)19(23)18(14)22/h10-13H,3-9H2,1-2H3/b17-16+. The molecule has 1 fully saturated rings. The van der Waals surface area contributed by atoms with Gasteiger partial charge in [-0.15, -0.1) is 0 Å². The van der Waals surface area contributed by atoms with Gasteiger partial charge in [0.05, 0.1) is 12.2 Å². The summed E-state index contributed by atoms with van der Waals surface area (Å²) in [5.74, 6) is -5.25. The second kappa shape index (κ2) is 8.54. The van der Waals surface area contributed by atoms with Crippen molar-refractivity contribution in [2.45, 2.75) is 52.4 Å². The second-order valence-electron chi connectivity index (χ2n) is 6.34. The van der Waals surface area contributed by atoms with Gasteiger partial charge in [-0.25, -0.2) is 13.2 Å². The maximum atomic E-state index is 14.4. The summed E-state index contributed by atoms with van der Waals surface area (Å²) >= 11 is 0. The van der Waals surface area contributed by atoms with Crippen molar-refractivity contribution < 1.29 is 22.3 Å². The second-order valence-corrected chi connectivity index (χ2v) is 6.34. The van der Waals surface area contributed by atoms with E-state index in [0.29, 0.717) is 18.8 Å². The minimum atomic E-state index is -1.41. The van der Waals surface area contributed by atoms with Crippen molar-refractivity contribution in [3.63, 3.8) is 0 Å². The van der Waals surface area contributed by atoms with Crippen LogP contribution in [0, 0.1) is 23.5 Å². The Labute approximate surface area is 140 Å². The quantitative estimate of drug-likeness (QED) is 0.530. The molecule has 0 N–H and O–H groups in total. The van der Waals surface area contributed by atoms with Crippen molar-refractivity contribution in [1.29, 1.82) is 0 Å². The third-order valence-electron chi connectivity index (χ3n) is 4.69. The van der Waals surface area contributed by atoms with E-state index in [1.54, 1.807) is 6.92 Å². The third kappa shape index (κ3) is 4.11. The summed E-state index contributed by atoms with van der Waals surface area (Å²) < 4.78 is 61.6. The first-order chi connectivity index (χ1) is 11.5. The van der Waals surface area contributed by atoms with Crippen LogP contribution in [0.5, 0.6) is 5.75 Å². The highest BCUT2D eigenvalue weighted by molar-refractivity contribution is 5.63. The molecule has 0 saturated heterocycles. The van der Waals surface area contributed by atoms with Crippen LogP contribution >= 0.6 is 0 Å². The van der Waals surface area contributed by atoms with E-state index in [-0.39, 0.29) is 12.4 Å². The molecule has 0 heterocycles. The van der Waals surface area contributed by atoms with E-state index < -0.39 is 34.8 Å². The van der Waals surface area contributed by atoms with Crippen molar-refractivity contribution in [3.05, 3.63) is 35.2 Å². The van der Waals surface area contributed by atoms with Crippen molar-refractivity contribution in [2.24, 2.45) is 11.8 Å². The molecule has 0 atom stereocenters. The Morgan fingerprint density at radius 3 is 2.29 bits per heavy atom. The van der Waals surface area contributed by atoms with E-state index in [1.807, 2.05) is 0 Å². The number of allylic oxidation sites excluding steroid dienone is 1. The molecule has 0 spiro atoms. The predicted molar refractivity (Wildman–Crippen MR) is 87.0 cm³/mol. The van der Waals surface area contributed by atoms with E-state index >= 15 is 0 Å². The Balaban J connectivity index is 2.19. The molecule has 0 radical (unpaired) electrons. The van der Waals surface area contributed by atoms with Crippen LogP contribution in [0.4, 0.5) is 17.6 Å². The van der Waals surface area contributed by atoms with Crippen LogP contribution in [0.2, 0.25) is 0 Å². The number of benzene rings is 1. The van der Waals surface area contributed by atoms with Gasteiger partial charge in [0.1, 0.15) is 5.83 Å². The maximum absolute atomic E-state index is 14.4. The molecule has 0 unspecified atom stereocenters. The molecule has 1 aromatic rings. The predicted octanol–water partition coefficient (Wildman–Crippen LogP) is 6.58. The van der Waals surface area contributed by atoms with E-state index in [2.05, 4.69) is 6.92 Å². The monoisotopic (exact) mass is 344 g/mol. The molecule has 5 heteroatoms. The van der Waals surface area contributed by atoms with Gasteiger partial charge < -0.3 is 4.74 Å². The first-order valence-corrected chi connectivity index (χ1v) is 8.65. The minimum Gasteiger partial charge on any atom is -0.491 e. The zero-order chi connectivity index (χ0) is 17.7. The lowest BCUT2D eigenvalue weighted by Gasteiger charge is -2.27. The van der Waals surface area contributed by atoms with E-state index in [0.717, 1.165) is 37.8 Å². The van der Waals surface area contributed by atoms with Crippen molar-refractivity contribution >= 4 is 5.83 Å². The number of rotatable bonds is 6. The van der Waals surface area contributed by atoms with Gasteiger partial charge in [0.15, 0.2) is 17.4 Å². The largest absolute Gasteiger partial charge is 0.491 e. The highest BCUT2D eigenvalue weighted by Gasteiger charge is 2.28. The van der Waals surface area contributed by atoms with Gasteiger partial charge in [-0.05, 0) is 50.7 Å². The molecule has 1 aliphatic rings. The van der Waals surface area contributed by atoms with Crippen LogP contribution in [0.25, 0.3) is 5.83 Å². The number of hydrogen-bond acceptors (Lipinski definition) is 1. The fourth-order valence-electron chi connectivity index (χ4n) is 3.39. The maximum Gasteiger partial charge on any atom is 0.201 e. The summed E-state index contributed by atoms with van der Waals surface area (Å²) in [6.45, 7) is 3.89. The highest BCUT2D eigenvalue weighted by Crippen LogP contribution is 2.40. The fraction of sp³-hybridized carbons (Fsp3) is 0.579. The lowest BCUT2D eigenvalue weighted by atomic mass is 9.79. The van der Waals surface area contributed by atoms with Crippen LogP contribution in [0.15, 0.2) is 18.0 Å². The summed E-state index contributed by atoms with van der Waals surface area (Å²) in [4.78, 5) is 0. The molecule has 1 aliphatic carbocycles. The first kappa shape index (κ1) is 18.8. The summed E-state index contributed by atoms with van der Waals surface area (Å²) in [6, 6.07) is 2.16. The minimum absolute atomic E-state index is 0.156. The molecular formula is C19H24F4O. The average molecular weight is 344 g/mol. The molecule has 0 aliphatic heterocycles. The molecule has 0 amide bonds. The Bertz CT molecular complexity index is 589. The van der Waals surface area contributed by atoms with Crippen LogP contribution < -0.4 is 4.74 Å². The first-order valence-electron chi connectivity index (χ1n) is 8.65. The zero-order valence-electron chi connectivity index (χ0n) is 14.2. The Hall–Kier alpha value is -1.52. The highest BCUT2D eigenvalue weighted by atomic mass is 19.2. The normalized spacial score (nSPS) is 22.2. The van der Waals surface area contributed by atoms with Gasteiger partial charge in [0.25, 0.3) is 0 Å². The molecular weight excluding hydrogens is 320 g/mol. The summed E-state index contributed by atoms with van der Waals surface area (Å²) in [5.41, 5.74) is -0.677. The van der Waals surface area contributed by atoms with Crippen molar-refractivity contribution in [3.8, 4) is 5.75 Å². The van der Waals surface area contributed by atoms with Crippen molar-refractivity contribution in [2.75, 3.05) is 6.61 Å². The molecule has 24 heavy (non-hydrogen) atoms. The topological polar surface area (TPSA) is 9.23 Å². The number of hydrogen-bond donors (Lipinski definition) is 0. The van der Waals surface area contributed by atoms with E-state index in [9.17, 15) is 17.6 Å². The summed E-state index contributed by atoms with van der Waals surface area (Å²) in [5, 5.41) is 0. The molecule has 2 rings (SSSR count). The lowest BCUT2D eigenvalue weighted by Crippen LogP contribution is -2.15. The molecule has 0 aromatic heterocycles. The van der Waals surface area contributed by atoms with Gasteiger partial charge >= 0.3 is 0 Å². The summed E-state index contributed by atoms with van der Waals surface area (Å²) in [6.07, 6.45) is 4.96. The molecule has 1 nitrogen and oxygen atoms in total. The van der Waals surface area contributed by atoms with Crippen LogP contribution in [-0.2, 0) is 0 Å².